The van der Waals surface area contributed by atoms with Crippen molar-refractivity contribution in [3.63, 3.8) is 0 Å². The zero-order valence-electron chi connectivity index (χ0n) is 9.23. The normalized spacial score (nSPS) is 14.4. The summed E-state index contributed by atoms with van der Waals surface area (Å²) in [6.45, 7) is 0.506. The van der Waals surface area contributed by atoms with Crippen LogP contribution in [0.15, 0.2) is 10.9 Å². The number of H-pyrrole nitrogens is 1. The third-order valence-corrected chi connectivity index (χ3v) is 2.38. The molecule has 4 N–H and O–H groups in total. The minimum atomic E-state index is -0.815. The number of ether oxygens (including phenoxy) is 1. The Bertz CT molecular complexity index is 467. The molecule has 92 valence electrons. The van der Waals surface area contributed by atoms with E-state index in [1.807, 2.05) is 0 Å². The number of aromatic nitrogens is 2. The highest BCUT2D eigenvalue weighted by molar-refractivity contribution is 5.64. The number of primary amides is 1. The Morgan fingerprint density at radius 1 is 1.65 bits per heavy atom. The van der Waals surface area contributed by atoms with Gasteiger partial charge in [-0.2, -0.15) is 0 Å². The molecule has 1 aromatic rings. The Morgan fingerprint density at radius 2 is 2.41 bits per heavy atom. The van der Waals surface area contributed by atoms with E-state index in [1.165, 1.54) is 6.07 Å². The molecule has 0 unspecified atom stereocenters. The van der Waals surface area contributed by atoms with E-state index in [0.29, 0.717) is 18.3 Å². The molecule has 0 bridgehead atoms. The monoisotopic (exact) mass is 238 g/mol. The summed E-state index contributed by atoms with van der Waals surface area (Å²) >= 11 is 0. The first-order valence-electron chi connectivity index (χ1n) is 5.42. The van der Waals surface area contributed by atoms with Crippen molar-refractivity contribution in [2.24, 2.45) is 5.73 Å². The molecule has 0 aliphatic heterocycles. The van der Waals surface area contributed by atoms with Gasteiger partial charge in [0.25, 0.3) is 5.56 Å². The topological polar surface area (TPSA) is 110 Å². The molecule has 1 aromatic heterocycles. The van der Waals surface area contributed by atoms with Gasteiger partial charge in [-0.15, -0.1) is 0 Å². The maximum Gasteiger partial charge on any atom is 0.404 e. The highest BCUT2D eigenvalue weighted by Crippen LogP contribution is 2.37. The van der Waals surface area contributed by atoms with Gasteiger partial charge in [-0.25, -0.2) is 9.78 Å². The number of nitrogens with one attached hydrogen (secondary N) is 2. The number of hydrogen-bond acceptors (Lipinski definition) is 5. The fourth-order valence-electron chi connectivity index (χ4n) is 1.45. The van der Waals surface area contributed by atoms with E-state index >= 15 is 0 Å². The average molecular weight is 238 g/mol. The van der Waals surface area contributed by atoms with Gasteiger partial charge >= 0.3 is 6.09 Å². The number of rotatable bonds is 5. The number of amides is 1. The highest BCUT2D eigenvalue weighted by atomic mass is 16.5. The second-order valence-electron chi connectivity index (χ2n) is 3.88. The standard InChI is InChI=1S/C10H14N4O3/c11-10(16)17-4-3-12-7-5-8(15)14-9(13-7)6-1-2-6/h5-6H,1-4H2,(H2,11,16)(H2,12,13,14,15). The molecule has 2 rings (SSSR count). The molecule has 17 heavy (non-hydrogen) atoms. The van der Waals surface area contributed by atoms with E-state index in [4.69, 9.17) is 5.73 Å². The summed E-state index contributed by atoms with van der Waals surface area (Å²) in [5.41, 5.74) is 4.63. The zero-order valence-corrected chi connectivity index (χ0v) is 9.23. The predicted octanol–water partition coefficient (Wildman–Crippen LogP) is 0.154. The molecule has 1 heterocycles. The second kappa shape index (κ2) is 4.86. The van der Waals surface area contributed by atoms with Crippen LogP contribution in [0, 0.1) is 0 Å². The van der Waals surface area contributed by atoms with Crippen LogP contribution in [0.3, 0.4) is 0 Å². The smallest absolute Gasteiger partial charge is 0.404 e. The molecular formula is C10H14N4O3. The van der Waals surface area contributed by atoms with Crippen LogP contribution < -0.4 is 16.6 Å². The van der Waals surface area contributed by atoms with Crippen molar-refractivity contribution in [1.82, 2.24) is 9.97 Å². The lowest BCUT2D eigenvalue weighted by molar-refractivity contribution is 0.161. The lowest BCUT2D eigenvalue weighted by Gasteiger charge is -2.06. The van der Waals surface area contributed by atoms with Gasteiger partial charge in [0.2, 0.25) is 0 Å². The Kier molecular flexibility index (Phi) is 3.27. The number of carbonyl (C=O) groups is 1. The van der Waals surface area contributed by atoms with Gasteiger partial charge in [0.15, 0.2) is 0 Å². The maximum atomic E-state index is 11.3. The van der Waals surface area contributed by atoms with Crippen LogP contribution in [0.5, 0.6) is 0 Å². The summed E-state index contributed by atoms with van der Waals surface area (Å²) < 4.78 is 4.55. The summed E-state index contributed by atoms with van der Waals surface area (Å²) in [6.07, 6.45) is 1.32. The number of nitrogens with zero attached hydrogens (tertiary/aromatic N) is 1. The highest BCUT2D eigenvalue weighted by Gasteiger charge is 2.26. The molecule has 1 amide bonds. The SMILES string of the molecule is NC(=O)OCCNc1cc(=O)[nH]c(C2CC2)n1. The molecule has 0 spiro atoms. The van der Waals surface area contributed by atoms with E-state index in [0.717, 1.165) is 18.7 Å². The van der Waals surface area contributed by atoms with Crippen molar-refractivity contribution in [3.05, 3.63) is 22.2 Å². The molecule has 0 atom stereocenters. The van der Waals surface area contributed by atoms with Gasteiger partial charge in [0.1, 0.15) is 18.2 Å². The van der Waals surface area contributed by atoms with Crippen molar-refractivity contribution >= 4 is 11.9 Å². The van der Waals surface area contributed by atoms with E-state index < -0.39 is 6.09 Å². The molecular weight excluding hydrogens is 224 g/mol. The van der Waals surface area contributed by atoms with Gasteiger partial charge in [-0.1, -0.05) is 0 Å². The number of hydrogen-bond donors (Lipinski definition) is 3. The summed E-state index contributed by atoms with van der Waals surface area (Å²) in [6, 6.07) is 1.37. The van der Waals surface area contributed by atoms with E-state index in [9.17, 15) is 9.59 Å². The molecule has 0 radical (unpaired) electrons. The van der Waals surface area contributed by atoms with Crippen LogP contribution in [-0.4, -0.2) is 29.2 Å². The number of nitrogens with two attached hydrogens (primary N) is 1. The van der Waals surface area contributed by atoms with Gasteiger partial charge in [0, 0.05) is 12.0 Å². The minimum absolute atomic E-state index is 0.141. The number of carbonyl (C=O) groups excluding carboxylic acids is 1. The van der Waals surface area contributed by atoms with Crippen LogP contribution >= 0.6 is 0 Å². The first-order chi connectivity index (χ1) is 8.15. The van der Waals surface area contributed by atoms with Gasteiger partial charge in [-0.3, -0.25) is 4.79 Å². The number of aromatic amines is 1. The molecule has 0 saturated heterocycles. The predicted molar refractivity (Wildman–Crippen MR) is 60.9 cm³/mol. The average Bonchev–Trinajstić information content (AvgIpc) is 3.07. The van der Waals surface area contributed by atoms with Crippen molar-refractivity contribution in [1.29, 1.82) is 0 Å². The van der Waals surface area contributed by atoms with E-state index in [2.05, 4.69) is 20.0 Å². The Labute approximate surface area is 97.4 Å². The quantitative estimate of drug-likeness (QED) is 0.632. The van der Waals surface area contributed by atoms with Crippen LogP contribution in [0.4, 0.5) is 10.6 Å². The first-order valence-corrected chi connectivity index (χ1v) is 5.42. The summed E-state index contributed by atoms with van der Waals surface area (Å²) in [5.74, 6) is 1.59. The van der Waals surface area contributed by atoms with Crippen molar-refractivity contribution in [2.45, 2.75) is 18.8 Å². The van der Waals surface area contributed by atoms with Crippen LogP contribution in [0.25, 0.3) is 0 Å². The maximum absolute atomic E-state index is 11.3. The van der Waals surface area contributed by atoms with Crippen LogP contribution in [-0.2, 0) is 4.74 Å². The lowest BCUT2D eigenvalue weighted by atomic mass is 10.4. The summed E-state index contributed by atoms with van der Waals surface area (Å²) in [5, 5.41) is 2.90. The fourth-order valence-corrected chi connectivity index (χ4v) is 1.45. The molecule has 7 nitrogen and oxygen atoms in total. The molecule has 1 aliphatic rings. The van der Waals surface area contributed by atoms with Crippen molar-refractivity contribution < 1.29 is 9.53 Å². The summed E-state index contributed by atoms with van der Waals surface area (Å²) in [4.78, 5) is 28.6. The molecule has 1 saturated carbocycles. The first kappa shape index (κ1) is 11.4. The van der Waals surface area contributed by atoms with Crippen LogP contribution in [0.1, 0.15) is 24.6 Å². The minimum Gasteiger partial charge on any atom is -0.448 e. The molecule has 1 fully saturated rings. The fraction of sp³-hybridized carbons (Fsp3) is 0.500. The van der Waals surface area contributed by atoms with Gasteiger partial charge < -0.3 is 20.8 Å². The van der Waals surface area contributed by atoms with Gasteiger partial charge in [-0.05, 0) is 12.8 Å². The van der Waals surface area contributed by atoms with Crippen molar-refractivity contribution in [3.8, 4) is 0 Å². The van der Waals surface area contributed by atoms with Crippen molar-refractivity contribution in [2.75, 3.05) is 18.5 Å². The second-order valence-corrected chi connectivity index (χ2v) is 3.88. The Balaban J connectivity index is 1.91. The third kappa shape index (κ3) is 3.47. The molecule has 7 heteroatoms. The van der Waals surface area contributed by atoms with Gasteiger partial charge in [0.05, 0.1) is 6.54 Å². The summed E-state index contributed by atoms with van der Waals surface area (Å²) in [7, 11) is 0. The van der Waals surface area contributed by atoms with Crippen LogP contribution in [0.2, 0.25) is 0 Å². The number of anilines is 1. The molecule has 0 aromatic carbocycles. The van der Waals surface area contributed by atoms with E-state index in [1.54, 1.807) is 0 Å². The zero-order chi connectivity index (χ0) is 12.3. The third-order valence-electron chi connectivity index (χ3n) is 2.38. The lowest BCUT2D eigenvalue weighted by Crippen LogP contribution is -2.20. The largest absolute Gasteiger partial charge is 0.448 e. The Morgan fingerprint density at radius 3 is 3.06 bits per heavy atom. The molecule has 1 aliphatic carbocycles. The van der Waals surface area contributed by atoms with E-state index in [-0.39, 0.29) is 12.2 Å². The Hall–Kier alpha value is -2.05.